The number of fused-ring (bicyclic) bond motifs is 1. The van der Waals surface area contributed by atoms with E-state index in [2.05, 4.69) is 4.99 Å². The monoisotopic (exact) mass is 212 g/mol. The second kappa shape index (κ2) is 2.88. The van der Waals surface area contributed by atoms with Gasteiger partial charge in [0.15, 0.2) is 0 Å². The zero-order valence-corrected chi connectivity index (χ0v) is 7.90. The van der Waals surface area contributed by atoms with Crippen molar-refractivity contribution in [1.82, 2.24) is 0 Å². The summed E-state index contributed by atoms with van der Waals surface area (Å²) in [6, 6.07) is 4.21. The van der Waals surface area contributed by atoms with Crippen molar-refractivity contribution in [2.75, 3.05) is 0 Å². The minimum Gasteiger partial charge on any atom is -0.306 e. The molecular weight excluding hydrogens is 204 g/mol. The Balaban J connectivity index is 2.58. The molecule has 2 rings (SSSR count). The highest BCUT2D eigenvalue weighted by Gasteiger charge is 2.18. The third kappa shape index (κ3) is 1.43. The van der Waals surface area contributed by atoms with Gasteiger partial charge < -0.3 is 5.73 Å². The zero-order chi connectivity index (χ0) is 10.3. The first-order valence-corrected chi connectivity index (χ1v) is 5.33. The SMILES string of the molecule is NC1N=Cc2cc(S(=O)(=O)O)ccc21. The average molecular weight is 212 g/mol. The first-order chi connectivity index (χ1) is 6.48. The number of benzene rings is 1. The average Bonchev–Trinajstić information content (AvgIpc) is 2.46. The minimum absolute atomic E-state index is 0.142. The van der Waals surface area contributed by atoms with Gasteiger partial charge in [-0.2, -0.15) is 8.42 Å². The molecule has 1 aromatic carbocycles. The molecule has 0 radical (unpaired) electrons. The molecule has 0 spiro atoms. The molecule has 14 heavy (non-hydrogen) atoms. The highest BCUT2D eigenvalue weighted by atomic mass is 32.2. The maximum atomic E-state index is 10.8. The normalized spacial score (nSPS) is 19.7. The fraction of sp³-hybridized carbons (Fsp3) is 0.125. The quantitative estimate of drug-likeness (QED) is 0.656. The predicted molar refractivity (Wildman–Crippen MR) is 50.8 cm³/mol. The molecular formula is C8H8N2O3S. The Morgan fingerprint density at radius 2 is 2.14 bits per heavy atom. The molecule has 1 aromatic rings. The Morgan fingerprint density at radius 3 is 2.79 bits per heavy atom. The molecule has 74 valence electrons. The summed E-state index contributed by atoms with van der Waals surface area (Å²) in [5, 5.41) is 0. The van der Waals surface area contributed by atoms with Crippen LogP contribution >= 0.6 is 0 Å². The van der Waals surface area contributed by atoms with E-state index < -0.39 is 16.3 Å². The van der Waals surface area contributed by atoms with E-state index in [1.807, 2.05) is 0 Å². The van der Waals surface area contributed by atoms with Crippen LogP contribution in [0, 0.1) is 0 Å². The largest absolute Gasteiger partial charge is 0.306 e. The van der Waals surface area contributed by atoms with Gasteiger partial charge in [0.2, 0.25) is 0 Å². The van der Waals surface area contributed by atoms with E-state index >= 15 is 0 Å². The molecule has 0 amide bonds. The topological polar surface area (TPSA) is 92.8 Å². The second-order valence-corrected chi connectivity index (χ2v) is 4.41. The van der Waals surface area contributed by atoms with Crippen LogP contribution in [0.1, 0.15) is 17.3 Å². The van der Waals surface area contributed by atoms with Crippen LogP contribution in [-0.2, 0) is 10.1 Å². The van der Waals surface area contributed by atoms with Crippen LogP contribution in [0.25, 0.3) is 0 Å². The van der Waals surface area contributed by atoms with Crippen LogP contribution < -0.4 is 5.73 Å². The lowest BCUT2D eigenvalue weighted by molar-refractivity contribution is 0.483. The maximum absolute atomic E-state index is 10.8. The summed E-state index contributed by atoms with van der Waals surface area (Å²) in [5.74, 6) is 0. The molecule has 1 atom stereocenters. The second-order valence-electron chi connectivity index (χ2n) is 2.99. The van der Waals surface area contributed by atoms with Crippen molar-refractivity contribution in [3.8, 4) is 0 Å². The standard InChI is InChI=1S/C8H8N2O3S/c9-8-7-2-1-6(14(11,12)13)3-5(7)4-10-8/h1-4,8H,9H2,(H,11,12,13). The van der Waals surface area contributed by atoms with Crippen molar-refractivity contribution in [2.24, 2.45) is 10.7 Å². The van der Waals surface area contributed by atoms with E-state index in [9.17, 15) is 8.42 Å². The van der Waals surface area contributed by atoms with Crippen molar-refractivity contribution >= 4 is 16.3 Å². The first kappa shape index (κ1) is 9.32. The number of hydrogen-bond acceptors (Lipinski definition) is 4. The summed E-state index contributed by atoms with van der Waals surface area (Å²) in [4.78, 5) is 3.76. The molecule has 1 unspecified atom stereocenters. The summed E-state index contributed by atoms with van der Waals surface area (Å²) in [6.45, 7) is 0. The molecule has 1 heterocycles. The van der Waals surface area contributed by atoms with Crippen molar-refractivity contribution in [3.63, 3.8) is 0 Å². The number of nitrogens with zero attached hydrogens (tertiary/aromatic N) is 1. The Kier molecular flexibility index (Phi) is 1.91. The van der Waals surface area contributed by atoms with Crippen molar-refractivity contribution in [3.05, 3.63) is 29.3 Å². The molecule has 0 aromatic heterocycles. The van der Waals surface area contributed by atoms with Gasteiger partial charge in [-0.25, -0.2) is 0 Å². The fourth-order valence-corrected chi connectivity index (χ4v) is 1.85. The third-order valence-electron chi connectivity index (χ3n) is 2.05. The smallest absolute Gasteiger partial charge is 0.294 e. The van der Waals surface area contributed by atoms with E-state index in [1.54, 1.807) is 6.07 Å². The van der Waals surface area contributed by atoms with Crippen LogP contribution in [0.5, 0.6) is 0 Å². The first-order valence-electron chi connectivity index (χ1n) is 3.89. The van der Waals surface area contributed by atoms with Gasteiger partial charge in [0, 0.05) is 11.8 Å². The van der Waals surface area contributed by atoms with Crippen LogP contribution in [0.15, 0.2) is 28.1 Å². The molecule has 0 saturated heterocycles. The Hall–Kier alpha value is -1.24. The van der Waals surface area contributed by atoms with Crippen LogP contribution in [0.3, 0.4) is 0 Å². The number of nitrogens with two attached hydrogens (primary N) is 1. The van der Waals surface area contributed by atoms with E-state index in [0.717, 1.165) is 5.56 Å². The molecule has 0 bridgehead atoms. The van der Waals surface area contributed by atoms with Gasteiger partial charge in [0.05, 0.1) is 4.90 Å². The van der Waals surface area contributed by atoms with Gasteiger partial charge in [-0.1, -0.05) is 6.07 Å². The molecule has 1 aliphatic heterocycles. The molecule has 3 N–H and O–H groups in total. The summed E-state index contributed by atoms with van der Waals surface area (Å²) < 4.78 is 30.4. The zero-order valence-electron chi connectivity index (χ0n) is 7.08. The summed E-state index contributed by atoms with van der Waals surface area (Å²) >= 11 is 0. The molecule has 0 saturated carbocycles. The lowest BCUT2D eigenvalue weighted by Crippen LogP contribution is -2.05. The highest BCUT2D eigenvalue weighted by molar-refractivity contribution is 7.85. The Labute approximate surface area is 81.0 Å². The molecule has 5 nitrogen and oxygen atoms in total. The van der Waals surface area contributed by atoms with Crippen LogP contribution in [-0.4, -0.2) is 19.2 Å². The van der Waals surface area contributed by atoms with Gasteiger partial charge in [0.1, 0.15) is 6.17 Å². The highest BCUT2D eigenvalue weighted by Crippen LogP contribution is 2.24. The van der Waals surface area contributed by atoms with E-state index in [-0.39, 0.29) is 4.90 Å². The number of hydrogen-bond donors (Lipinski definition) is 2. The molecule has 0 fully saturated rings. The van der Waals surface area contributed by atoms with E-state index in [1.165, 1.54) is 18.3 Å². The van der Waals surface area contributed by atoms with Gasteiger partial charge in [-0.15, -0.1) is 0 Å². The van der Waals surface area contributed by atoms with Gasteiger partial charge in [-0.3, -0.25) is 9.55 Å². The predicted octanol–water partition coefficient (Wildman–Crippen LogP) is 0.323. The number of rotatable bonds is 1. The van der Waals surface area contributed by atoms with Crippen molar-refractivity contribution in [2.45, 2.75) is 11.1 Å². The Bertz CT molecular complexity index is 507. The van der Waals surface area contributed by atoms with Crippen LogP contribution in [0.4, 0.5) is 0 Å². The van der Waals surface area contributed by atoms with Crippen LogP contribution in [0.2, 0.25) is 0 Å². The minimum atomic E-state index is -4.14. The number of aliphatic imine (C=N–C) groups is 1. The molecule has 6 heteroatoms. The lowest BCUT2D eigenvalue weighted by Gasteiger charge is -2.03. The van der Waals surface area contributed by atoms with E-state index in [4.69, 9.17) is 10.3 Å². The Morgan fingerprint density at radius 1 is 1.43 bits per heavy atom. The third-order valence-corrected chi connectivity index (χ3v) is 2.90. The van der Waals surface area contributed by atoms with Crippen molar-refractivity contribution < 1.29 is 13.0 Å². The van der Waals surface area contributed by atoms with Crippen molar-refractivity contribution in [1.29, 1.82) is 0 Å². The molecule has 0 aliphatic carbocycles. The van der Waals surface area contributed by atoms with E-state index in [0.29, 0.717) is 5.56 Å². The summed E-state index contributed by atoms with van der Waals surface area (Å²) in [6.07, 6.45) is 1.06. The van der Waals surface area contributed by atoms with Gasteiger partial charge in [0.25, 0.3) is 10.1 Å². The summed E-state index contributed by atoms with van der Waals surface area (Å²) in [7, 11) is -4.14. The van der Waals surface area contributed by atoms with Gasteiger partial charge in [-0.05, 0) is 17.7 Å². The summed E-state index contributed by atoms with van der Waals surface area (Å²) in [5.41, 5.74) is 6.99. The fourth-order valence-electron chi connectivity index (χ4n) is 1.34. The molecule has 1 aliphatic rings. The van der Waals surface area contributed by atoms with Gasteiger partial charge >= 0.3 is 0 Å². The maximum Gasteiger partial charge on any atom is 0.294 e. The lowest BCUT2D eigenvalue weighted by atomic mass is 10.1.